The second-order valence-electron chi connectivity index (χ2n) is 4.90. The Labute approximate surface area is 112 Å². The van der Waals surface area contributed by atoms with Crippen LogP contribution in [0.4, 0.5) is 0 Å². The van der Waals surface area contributed by atoms with Crippen molar-refractivity contribution in [3.8, 4) is 0 Å². The average Bonchev–Trinajstić information content (AvgIpc) is 2.82. The monoisotopic (exact) mass is 258 g/mol. The zero-order chi connectivity index (χ0) is 12.4. The molecule has 18 heavy (non-hydrogen) atoms. The maximum atomic E-state index is 5.84. The number of aromatic nitrogens is 1. The lowest BCUT2D eigenvalue weighted by Gasteiger charge is -2.18. The first-order chi connectivity index (χ1) is 8.86. The van der Waals surface area contributed by atoms with Crippen LogP contribution in [0.2, 0.25) is 0 Å². The van der Waals surface area contributed by atoms with Crippen molar-refractivity contribution >= 4 is 11.3 Å². The highest BCUT2D eigenvalue weighted by atomic mass is 32.1. The largest absolute Gasteiger partial charge is 0.330 e. The summed E-state index contributed by atoms with van der Waals surface area (Å²) in [5.41, 5.74) is 8.48. The van der Waals surface area contributed by atoms with E-state index in [2.05, 4.69) is 30.3 Å². The number of rotatable bonds is 3. The number of fused-ring (bicyclic) bond motifs is 1. The van der Waals surface area contributed by atoms with Crippen LogP contribution in [0, 0.1) is 0 Å². The number of nitrogens with two attached hydrogens (primary N) is 1. The average molecular weight is 258 g/mol. The van der Waals surface area contributed by atoms with Crippen LogP contribution >= 0.6 is 11.3 Å². The second kappa shape index (κ2) is 5.21. The smallest absolute Gasteiger partial charge is 0.0975 e. The summed E-state index contributed by atoms with van der Waals surface area (Å²) in [5, 5.41) is 1.24. The van der Waals surface area contributed by atoms with E-state index in [0.29, 0.717) is 5.92 Å². The quantitative estimate of drug-likeness (QED) is 0.918. The molecule has 0 amide bonds. The topological polar surface area (TPSA) is 38.9 Å². The molecule has 3 rings (SSSR count). The minimum Gasteiger partial charge on any atom is -0.330 e. The van der Waals surface area contributed by atoms with Gasteiger partial charge in [0.1, 0.15) is 0 Å². The third-order valence-electron chi connectivity index (χ3n) is 3.60. The van der Waals surface area contributed by atoms with Gasteiger partial charge in [0.2, 0.25) is 0 Å². The number of thiazole rings is 1. The lowest BCUT2D eigenvalue weighted by atomic mass is 9.91. The maximum Gasteiger partial charge on any atom is 0.0975 e. The molecule has 1 atom stereocenters. The molecule has 0 spiro atoms. The van der Waals surface area contributed by atoms with Crippen LogP contribution in [0.3, 0.4) is 0 Å². The van der Waals surface area contributed by atoms with Crippen molar-refractivity contribution in [2.75, 3.05) is 6.54 Å². The Morgan fingerprint density at radius 3 is 2.89 bits per heavy atom. The zero-order valence-corrected chi connectivity index (χ0v) is 11.2. The number of benzene rings is 1. The fourth-order valence-electron chi connectivity index (χ4n) is 2.63. The van der Waals surface area contributed by atoms with E-state index in [-0.39, 0.29) is 0 Å². The Bertz CT molecular complexity index is 519. The van der Waals surface area contributed by atoms with Gasteiger partial charge in [-0.15, -0.1) is 11.3 Å². The van der Waals surface area contributed by atoms with Gasteiger partial charge in [0.05, 0.1) is 10.7 Å². The van der Waals surface area contributed by atoms with Crippen LogP contribution in [0.25, 0.3) is 0 Å². The highest BCUT2D eigenvalue weighted by molar-refractivity contribution is 7.11. The van der Waals surface area contributed by atoms with Crippen molar-refractivity contribution in [1.29, 1.82) is 0 Å². The van der Waals surface area contributed by atoms with Gasteiger partial charge in [-0.2, -0.15) is 0 Å². The molecule has 1 aromatic heterocycles. The van der Waals surface area contributed by atoms with Crippen LogP contribution < -0.4 is 5.73 Å². The first kappa shape index (κ1) is 11.9. The van der Waals surface area contributed by atoms with Crippen molar-refractivity contribution in [3.63, 3.8) is 0 Å². The molecule has 1 unspecified atom stereocenters. The molecule has 2 N–H and O–H groups in total. The molecule has 3 heteroatoms. The van der Waals surface area contributed by atoms with Gasteiger partial charge in [-0.3, -0.25) is 0 Å². The summed E-state index contributed by atoms with van der Waals surface area (Å²) in [6, 6.07) is 10.6. The Morgan fingerprint density at radius 2 is 2.11 bits per heavy atom. The van der Waals surface area contributed by atoms with Gasteiger partial charge in [0.15, 0.2) is 0 Å². The highest BCUT2D eigenvalue weighted by Gasteiger charge is 2.23. The molecular formula is C15H18N2S. The number of hydrogen-bond acceptors (Lipinski definition) is 3. The molecular weight excluding hydrogens is 240 g/mol. The molecule has 0 saturated carbocycles. The van der Waals surface area contributed by atoms with Crippen molar-refractivity contribution in [3.05, 3.63) is 51.5 Å². The molecule has 1 aromatic carbocycles. The highest BCUT2D eigenvalue weighted by Crippen LogP contribution is 2.34. The van der Waals surface area contributed by atoms with Gasteiger partial charge in [0, 0.05) is 23.8 Å². The first-order valence-electron chi connectivity index (χ1n) is 6.59. The number of nitrogens with zero attached hydrogens (tertiary/aromatic N) is 1. The molecule has 0 radical (unpaired) electrons. The number of aryl methyl sites for hydroxylation is 1. The van der Waals surface area contributed by atoms with Crippen molar-refractivity contribution in [2.24, 2.45) is 5.73 Å². The van der Waals surface area contributed by atoms with Crippen LogP contribution in [0.15, 0.2) is 30.3 Å². The van der Waals surface area contributed by atoms with Crippen LogP contribution in [-0.4, -0.2) is 11.5 Å². The summed E-state index contributed by atoms with van der Waals surface area (Å²) < 4.78 is 0. The van der Waals surface area contributed by atoms with E-state index < -0.39 is 0 Å². The van der Waals surface area contributed by atoms with Gasteiger partial charge < -0.3 is 5.73 Å². The fraction of sp³-hybridized carbons (Fsp3) is 0.400. The number of hydrogen-bond donors (Lipinski definition) is 1. The van der Waals surface area contributed by atoms with Crippen molar-refractivity contribution < 1.29 is 0 Å². The van der Waals surface area contributed by atoms with Crippen LogP contribution in [0.1, 0.15) is 39.9 Å². The van der Waals surface area contributed by atoms with E-state index >= 15 is 0 Å². The van der Waals surface area contributed by atoms with E-state index in [9.17, 15) is 0 Å². The molecule has 94 valence electrons. The lowest BCUT2D eigenvalue weighted by molar-refractivity contribution is 0.553. The summed E-state index contributed by atoms with van der Waals surface area (Å²) in [4.78, 5) is 6.31. The second-order valence-corrected chi connectivity index (χ2v) is 6.07. The van der Waals surface area contributed by atoms with E-state index in [0.717, 1.165) is 13.0 Å². The summed E-state index contributed by atoms with van der Waals surface area (Å²) in [5.74, 6) is 0.495. The lowest BCUT2D eigenvalue weighted by Crippen LogP contribution is -2.17. The Morgan fingerprint density at radius 1 is 1.28 bits per heavy atom. The normalized spacial score (nSPS) is 18.6. The summed E-state index contributed by atoms with van der Waals surface area (Å²) >= 11 is 1.88. The summed E-state index contributed by atoms with van der Waals surface area (Å²) in [7, 11) is 0. The molecule has 2 aromatic rings. The third kappa shape index (κ3) is 2.33. The van der Waals surface area contributed by atoms with Gasteiger partial charge >= 0.3 is 0 Å². The molecule has 1 heterocycles. The van der Waals surface area contributed by atoms with E-state index in [1.165, 1.54) is 40.4 Å². The summed E-state index contributed by atoms with van der Waals surface area (Å²) in [6.45, 7) is 0.738. The molecule has 0 bridgehead atoms. The molecule has 2 nitrogen and oxygen atoms in total. The van der Waals surface area contributed by atoms with Gasteiger partial charge in [-0.1, -0.05) is 30.3 Å². The molecule has 0 saturated heterocycles. The first-order valence-corrected chi connectivity index (χ1v) is 7.41. The molecule has 0 fully saturated rings. The standard InChI is InChI=1S/C15H18N2S/c16-10-12-7-4-8-13-15(12)17-14(18-13)9-11-5-2-1-3-6-11/h1-3,5-6,12H,4,7-10,16H2. The van der Waals surface area contributed by atoms with Gasteiger partial charge in [0.25, 0.3) is 0 Å². The zero-order valence-electron chi connectivity index (χ0n) is 10.4. The fourth-order valence-corrected chi connectivity index (χ4v) is 3.86. The van der Waals surface area contributed by atoms with Gasteiger partial charge in [-0.25, -0.2) is 4.98 Å². The Hall–Kier alpha value is -1.19. The Kier molecular flexibility index (Phi) is 3.43. The van der Waals surface area contributed by atoms with Gasteiger partial charge in [-0.05, 0) is 24.8 Å². The van der Waals surface area contributed by atoms with E-state index in [1.54, 1.807) is 0 Å². The maximum absolute atomic E-state index is 5.84. The van der Waals surface area contributed by atoms with E-state index in [1.807, 2.05) is 11.3 Å². The van der Waals surface area contributed by atoms with Crippen molar-refractivity contribution in [1.82, 2.24) is 4.98 Å². The Balaban J connectivity index is 1.84. The van der Waals surface area contributed by atoms with Crippen LogP contribution in [-0.2, 0) is 12.8 Å². The molecule has 0 aliphatic heterocycles. The molecule has 1 aliphatic carbocycles. The van der Waals surface area contributed by atoms with Crippen molar-refractivity contribution in [2.45, 2.75) is 31.6 Å². The minimum atomic E-state index is 0.495. The summed E-state index contributed by atoms with van der Waals surface area (Å²) in [6.07, 6.45) is 4.62. The van der Waals surface area contributed by atoms with E-state index in [4.69, 9.17) is 10.7 Å². The van der Waals surface area contributed by atoms with Crippen LogP contribution in [0.5, 0.6) is 0 Å². The third-order valence-corrected chi connectivity index (χ3v) is 4.73. The predicted molar refractivity (Wildman–Crippen MR) is 76.1 cm³/mol. The minimum absolute atomic E-state index is 0.495. The predicted octanol–water partition coefficient (Wildman–Crippen LogP) is 3.11. The SMILES string of the molecule is NCC1CCCc2sc(Cc3ccccc3)nc21. The molecule has 1 aliphatic rings.